The second-order valence-electron chi connectivity index (χ2n) is 3.65. The summed E-state index contributed by atoms with van der Waals surface area (Å²) in [6.45, 7) is 3.40. The van der Waals surface area contributed by atoms with Gasteiger partial charge < -0.3 is 15.5 Å². The standard InChI is InChI=1S/C11H15N3OS/c1-8(12)11-14-9(7-16-11)5-13-6-10-3-2-4-15-10/h2-4,7-8,13H,5-6,12H2,1H3. The molecule has 4 nitrogen and oxygen atoms in total. The van der Waals surface area contributed by atoms with Gasteiger partial charge in [-0.25, -0.2) is 4.98 Å². The van der Waals surface area contributed by atoms with E-state index in [0.29, 0.717) is 0 Å². The Balaban J connectivity index is 1.81. The molecule has 1 atom stereocenters. The molecule has 0 bridgehead atoms. The lowest BCUT2D eigenvalue weighted by molar-refractivity contribution is 0.482. The molecule has 0 spiro atoms. The quantitative estimate of drug-likeness (QED) is 0.835. The number of hydrogen-bond acceptors (Lipinski definition) is 5. The molecule has 0 fully saturated rings. The number of aromatic nitrogens is 1. The zero-order valence-electron chi connectivity index (χ0n) is 9.14. The van der Waals surface area contributed by atoms with Crippen molar-refractivity contribution in [3.8, 4) is 0 Å². The van der Waals surface area contributed by atoms with Gasteiger partial charge in [0.15, 0.2) is 0 Å². The maximum absolute atomic E-state index is 5.75. The maximum atomic E-state index is 5.75. The molecule has 16 heavy (non-hydrogen) atoms. The van der Waals surface area contributed by atoms with Crippen molar-refractivity contribution < 1.29 is 4.42 Å². The molecule has 2 aromatic heterocycles. The molecule has 2 rings (SSSR count). The summed E-state index contributed by atoms with van der Waals surface area (Å²) >= 11 is 1.61. The Morgan fingerprint density at radius 1 is 1.56 bits per heavy atom. The molecular formula is C11H15N3OS. The highest BCUT2D eigenvalue weighted by atomic mass is 32.1. The van der Waals surface area contributed by atoms with E-state index < -0.39 is 0 Å². The molecule has 2 heterocycles. The Morgan fingerprint density at radius 3 is 3.06 bits per heavy atom. The molecule has 0 saturated carbocycles. The lowest BCUT2D eigenvalue weighted by Crippen LogP contribution is -2.13. The van der Waals surface area contributed by atoms with Crippen molar-refractivity contribution >= 4 is 11.3 Å². The predicted molar refractivity (Wildman–Crippen MR) is 64.0 cm³/mol. The maximum Gasteiger partial charge on any atom is 0.117 e. The minimum absolute atomic E-state index is 0.0174. The monoisotopic (exact) mass is 237 g/mol. The fourth-order valence-electron chi connectivity index (χ4n) is 1.34. The Hall–Kier alpha value is -1.17. The number of nitrogens with one attached hydrogen (secondary N) is 1. The number of hydrogen-bond donors (Lipinski definition) is 2. The molecule has 1 unspecified atom stereocenters. The smallest absolute Gasteiger partial charge is 0.117 e. The van der Waals surface area contributed by atoms with Crippen LogP contribution in [0.3, 0.4) is 0 Å². The summed E-state index contributed by atoms with van der Waals surface area (Å²) in [5.74, 6) is 0.933. The molecule has 0 aromatic carbocycles. The van der Waals surface area contributed by atoms with E-state index in [4.69, 9.17) is 10.2 Å². The van der Waals surface area contributed by atoms with Gasteiger partial charge in [0.05, 0.1) is 24.5 Å². The molecule has 0 saturated heterocycles. The van der Waals surface area contributed by atoms with Crippen LogP contribution in [0, 0.1) is 0 Å². The van der Waals surface area contributed by atoms with Crippen LogP contribution in [0.2, 0.25) is 0 Å². The lowest BCUT2D eigenvalue weighted by atomic mass is 10.4. The van der Waals surface area contributed by atoms with Gasteiger partial charge in [-0.1, -0.05) is 0 Å². The molecule has 0 aliphatic carbocycles. The first kappa shape index (κ1) is 11.3. The molecule has 0 aliphatic heterocycles. The minimum atomic E-state index is 0.0174. The topological polar surface area (TPSA) is 64.1 Å². The van der Waals surface area contributed by atoms with E-state index in [1.165, 1.54) is 0 Å². The molecule has 86 valence electrons. The van der Waals surface area contributed by atoms with Crippen LogP contribution in [-0.2, 0) is 13.1 Å². The predicted octanol–water partition coefficient (Wildman–Crippen LogP) is 2.05. The van der Waals surface area contributed by atoms with Crippen molar-refractivity contribution in [1.82, 2.24) is 10.3 Å². The fourth-order valence-corrected chi connectivity index (χ4v) is 2.12. The summed E-state index contributed by atoms with van der Waals surface area (Å²) in [7, 11) is 0. The van der Waals surface area contributed by atoms with Crippen molar-refractivity contribution in [1.29, 1.82) is 0 Å². The molecule has 0 amide bonds. The van der Waals surface area contributed by atoms with Crippen LogP contribution in [0.4, 0.5) is 0 Å². The average Bonchev–Trinajstić information content (AvgIpc) is 2.87. The summed E-state index contributed by atoms with van der Waals surface area (Å²) in [6, 6.07) is 3.85. The van der Waals surface area contributed by atoms with Gasteiger partial charge in [-0.2, -0.15) is 0 Å². The summed E-state index contributed by atoms with van der Waals surface area (Å²) in [6.07, 6.45) is 1.67. The number of nitrogens with zero attached hydrogens (tertiary/aromatic N) is 1. The zero-order chi connectivity index (χ0) is 11.4. The van der Waals surface area contributed by atoms with Gasteiger partial charge in [0.2, 0.25) is 0 Å². The Bertz CT molecular complexity index is 422. The molecule has 2 aromatic rings. The molecule has 5 heteroatoms. The molecule has 0 radical (unpaired) electrons. The highest BCUT2D eigenvalue weighted by Crippen LogP contribution is 2.15. The molecule has 0 aliphatic rings. The average molecular weight is 237 g/mol. The molecule has 3 N–H and O–H groups in total. The zero-order valence-corrected chi connectivity index (χ0v) is 9.96. The normalized spacial score (nSPS) is 12.9. The van der Waals surface area contributed by atoms with Crippen molar-refractivity contribution in [3.05, 3.63) is 40.2 Å². The minimum Gasteiger partial charge on any atom is -0.468 e. The number of furan rings is 1. The number of thiazole rings is 1. The van der Waals surface area contributed by atoms with Crippen LogP contribution < -0.4 is 11.1 Å². The first-order valence-electron chi connectivity index (χ1n) is 5.18. The van der Waals surface area contributed by atoms with Gasteiger partial charge in [0.25, 0.3) is 0 Å². The first-order chi connectivity index (χ1) is 7.75. The fraction of sp³-hybridized carbons (Fsp3) is 0.364. The van der Waals surface area contributed by atoms with Crippen molar-refractivity contribution in [2.45, 2.75) is 26.1 Å². The van der Waals surface area contributed by atoms with Gasteiger partial charge in [0, 0.05) is 11.9 Å². The highest BCUT2D eigenvalue weighted by molar-refractivity contribution is 7.09. The lowest BCUT2D eigenvalue weighted by Gasteiger charge is -2.00. The van der Waals surface area contributed by atoms with Gasteiger partial charge >= 0.3 is 0 Å². The second kappa shape index (κ2) is 5.25. The van der Waals surface area contributed by atoms with Crippen LogP contribution in [0.25, 0.3) is 0 Å². The van der Waals surface area contributed by atoms with E-state index in [1.807, 2.05) is 24.4 Å². The third kappa shape index (κ3) is 2.91. The SMILES string of the molecule is CC(N)c1nc(CNCc2ccco2)cs1. The van der Waals surface area contributed by atoms with Crippen LogP contribution in [-0.4, -0.2) is 4.98 Å². The number of nitrogens with two attached hydrogens (primary N) is 1. The van der Waals surface area contributed by atoms with Crippen LogP contribution >= 0.6 is 11.3 Å². The molecular weight excluding hydrogens is 222 g/mol. The summed E-state index contributed by atoms with van der Waals surface area (Å²) in [5, 5.41) is 6.28. The van der Waals surface area contributed by atoms with Gasteiger partial charge in [-0.05, 0) is 19.1 Å². The van der Waals surface area contributed by atoms with Crippen molar-refractivity contribution in [2.24, 2.45) is 5.73 Å². The van der Waals surface area contributed by atoms with Crippen LogP contribution in [0.1, 0.15) is 29.4 Å². The Kier molecular flexibility index (Phi) is 3.71. The summed E-state index contributed by atoms with van der Waals surface area (Å²) in [5.41, 5.74) is 6.78. The Morgan fingerprint density at radius 2 is 2.44 bits per heavy atom. The highest BCUT2D eigenvalue weighted by Gasteiger charge is 2.05. The van der Waals surface area contributed by atoms with E-state index in [-0.39, 0.29) is 6.04 Å². The van der Waals surface area contributed by atoms with Crippen molar-refractivity contribution in [3.63, 3.8) is 0 Å². The van der Waals surface area contributed by atoms with Gasteiger partial charge in [0.1, 0.15) is 10.8 Å². The van der Waals surface area contributed by atoms with Crippen LogP contribution in [0.15, 0.2) is 28.2 Å². The van der Waals surface area contributed by atoms with Crippen molar-refractivity contribution in [2.75, 3.05) is 0 Å². The van der Waals surface area contributed by atoms with Gasteiger partial charge in [-0.15, -0.1) is 11.3 Å². The van der Waals surface area contributed by atoms with E-state index in [1.54, 1.807) is 17.6 Å². The second-order valence-corrected chi connectivity index (χ2v) is 4.54. The first-order valence-corrected chi connectivity index (χ1v) is 6.06. The van der Waals surface area contributed by atoms with Crippen LogP contribution in [0.5, 0.6) is 0 Å². The van der Waals surface area contributed by atoms with E-state index >= 15 is 0 Å². The third-order valence-corrected chi connectivity index (χ3v) is 3.24. The largest absolute Gasteiger partial charge is 0.468 e. The summed E-state index contributed by atoms with van der Waals surface area (Å²) in [4.78, 5) is 4.43. The number of rotatable bonds is 5. The van der Waals surface area contributed by atoms with Gasteiger partial charge in [-0.3, -0.25) is 0 Å². The third-order valence-electron chi connectivity index (χ3n) is 2.14. The van der Waals surface area contributed by atoms with E-state index in [9.17, 15) is 0 Å². The Labute approximate surface area is 98.5 Å². The van der Waals surface area contributed by atoms with E-state index in [0.717, 1.165) is 29.6 Å². The van der Waals surface area contributed by atoms with E-state index in [2.05, 4.69) is 10.3 Å². The summed E-state index contributed by atoms with van der Waals surface area (Å²) < 4.78 is 5.21.